The minimum Gasteiger partial charge on any atom is -0.462 e. The van der Waals surface area contributed by atoms with Crippen LogP contribution in [-0.4, -0.2) is 96.7 Å². The van der Waals surface area contributed by atoms with E-state index in [9.17, 15) is 43.2 Å². The molecule has 0 fully saturated rings. The molecule has 0 bridgehead atoms. The molecule has 3 N–H and O–H groups in total. The van der Waals surface area contributed by atoms with Gasteiger partial charge in [0.15, 0.2) is 12.2 Å². The topological polar surface area (TPSA) is 237 Å². The second-order valence-electron chi connectivity index (χ2n) is 31.1. The number of unbranched alkanes of at least 4 members (excludes halogenated alkanes) is 44. The van der Waals surface area contributed by atoms with Gasteiger partial charge in [0.2, 0.25) is 0 Å². The van der Waals surface area contributed by atoms with Crippen molar-refractivity contribution in [2.24, 2.45) is 23.7 Å². The summed E-state index contributed by atoms with van der Waals surface area (Å²) in [5.41, 5.74) is 0. The molecule has 0 rings (SSSR count). The quantitative estimate of drug-likeness (QED) is 0.0222. The Kier molecular flexibility index (Phi) is 68.7. The van der Waals surface area contributed by atoms with E-state index in [4.69, 9.17) is 37.0 Å². The largest absolute Gasteiger partial charge is 0.472 e. The van der Waals surface area contributed by atoms with Crippen LogP contribution >= 0.6 is 15.6 Å². The van der Waals surface area contributed by atoms with Crippen LogP contribution in [0.3, 0.4) is 0 Å². The fraction of sp³-hybridized carbons (Fsp3) is 0.951. The van der Waals surface area contributed by atoms with E-state index in [1.54, 1.807) is 0 Å². The summed E-state index contributed by atoms with van der Waals surface area (Å²) in [6.07, 6.45) is 57.0. The average Bonchev–Trinajstić information content (AvgIpc) is 0.949. The molecule has 5 atom stereocenters. The van der Waals surface area contributed by atoms with Gasteiger partial charge in [0.05, 0.1) is 26.4 Å². The molecule has 0 spiro atoms. The summed E-state index contributed by atoms with van der Waals surface area (Å²) < 4.78 is 68.7. The van der Waals surface area contributed by atoms with E-state index in [2.05, 4.69) is 55.4 Å². The second-order valence-corrected chi connectivity index (χ2v) is 34.0. The first-order valence-electron chi connectivity index (χ1n) is 41.7. The number of esters is 4. The standard InChI is InChI=1S/C81H158O17P2/c1-71(2)57-49-41-33-25-20-16-13-11-9-10-12-14-18-22-28-37-45-53-61-78(83)91-67-76(97-80(85)63-55-47-39-29-23-19-15-17-21-26-34-42-50-58-72(3)4)69-95-99(87,88)93-65-75(82)66-94-100(89,90)96-70-77(68-92-79(84)62-54-46-38-32-31-36-44-52-60-74(7)8)98-81(86)64-56-48-40-30-24-27-35-43-51-59-73(5)6/h71-77,82H,9-70H2,1-8H3,(H,87,88)(H,89,90)/t75?,76-,77-/m1/s1. The van der Waals surface area contributed by atoms with Crippen LogP contribution in [0.1, 0.15) is 415 Å². The molecule has 0 saturated carbocycles. The van der Waals surface area contributed by atoms with Gasteiger partial charge in [-0.3, -0.25) is 37.3 Å². The first kappa shape index (κ1) is 98.1. The van der Waals surface area contributed by atoms with Crippen molar-refractivity contribution < 1.29 is 80.2 Å². The number of rotatable bonds is 78. The van der Waals surface area contributed by atoms with E-state index in [-0.39, 0.29) is 25.7 Å². The molecule has 0 aliphatic heterocycles. The summed E-state index contributed by atoms with van der Waals surface area (Å²) in [5, 5.41) is 10.6. The third-order valence-electron chi connectivity index (χ3n) is 18.8. The third kappa shape index (κ3) is 74.3. The van der Waals surface area contributed by atoms with Crippen molar-refractivity contribution in [2.45, 2.75) is 433 Å². The van der Waals surface area contributed by atoms with Crippen LogP contribution in [0.15, 0.2) is 0 Å². The molecule has 17 nitrogen and oxygen atoms in total. The number of hydrogen-bond donors (Lipinski definition) is 3. The summed E-state index contributed by atoms with van der Waals surface area (Å²) in [6, 6.07) is 0. The second kappa shape index (κ2) is 70.1. The highest BCUT2D eigenvalue weighted by atomic mass is 31.2. The third-order valence-corrected chi connectivity index (χ3v) is 20.7. The Morgan fingerprint density at radius 3 is 0.620 bits per heavy atom. The SMILES string of the molecule is CC(C)CCCCCCCCCCCCCCCCCCCCC(=O)OC[C@H](COP(=O)(O)OCC(O)COP(=O)(O)OC[C@@H](COC(=O)CCCCCCCCCCC(C)C)OC(=O)CCCCCCCCCCCC(C)C)OC(=O)CCCCCCCCCCCCCCCC(C)C. The summed E-state index contributed by atoms with van der Waals surface area (Å²) in [5.74, 6) is 0.957. The van der Waals surface area contributed by atoms with Crippen molar-refractivity contribution in [1.29, 1.82) is 0 Å². The first-order chi connectivity index (χ1) is 48.1. The van der Waals surface area contributed by atoms with Crippen LogP contribution < -0.4 is 0 Å². The normalized spacial score (nSPS) is 14.0. The van der Waals surface area contributed by atoms with Crippen molar-refractivity contribution in [3.8, 4) is 0 Å². The lowest BCUT2D eigenvalue weighted by Crippen LogP contribution is -2.30. The summed E-state index contributed by atoms with van der Waals surface area (Å²) in [4.78, 5) is 73.0. The lowest BCUT2D eigenvalue weighted by atomic mass is 10.0. The monoisotopic (exact) mass is 1470 g/mol. The Morgan fingerprint density at radius 1 is 0.250 bits per heavy atom. The van der Waals surface area contributed by atoms with Crippen molar-refractivity contribution in [3.63, 3.8) is 0 Å². The molecule has 0 aromatic rings. The summed E-state index contributed by atoms with van der Waals surface area (Å²) >= 11 is 0. The van der Waals surface area contributed by atoms with E-state index in [0.717, 1.165) is 114 Å². The number of aliphatic hydroxyl groups is 1. The molecule has 100 heavy (non-hydrogen) atoms. The van der Waals surface area contributed by atoms with Crippen LogP contribution in [-0.2, 0) is 65.4 Å². The number of aliphatic hydroxyl groups excluding tert-OH is 1. The highest BCUT2D eigenvalue weighted by molar-refractivity contribution is 7.47. The van der Waals surface area contributed by atoms with Gasteiger partial charge in [0.25, 0.3) is 0 Å². The summed E-state index contributed by atoms with van der Waals surface area (Å²) in [6.45, 7) is 14.2. The highest BCUT2D eigenvalue weighted by Gasteiger charge is 2.30. The van der Waals surface area contributed by atoms with Gasteiger partial charge in [0, 0.05) is 25.7 Å². The minimum atomic E-state index is -4.96. The Hall–Kier alpha value is -1.94. The van der Waals surface area contributed by atoms with Crippen molar-refractivity contribution in [1.82, 2.24) is 0 Å². The molecule has 19 heteroatoms. The molecule has 0 heterocycles. The molecule has 0 aromatic heterocycles. The molecule has 0 aromatic carbocycles. The minimum absolute atomic E-state index is 0.105. The molecular formula is C81H158O17P2. The number of carbonyl (C=O) groups excluding carboxylic acids is 4. The van der Waals surface area contributed by atoms with Crippen molar-refractivity contribution in [2.75, 3.05) is 39.6 Å². The predicted octanol–water partition coefficient (Wildman–Crippen LogP) is 24.0. The van der Waals surface area contributed by atoms with Crippen LogP contribution in [0.25, 0.3) is 0 Å². The Morgan fingerprint density at radius 2 is 0.420 bits per heavy atom. The van der Waals surface area contributed by atoms with E-state index in [0.29, 0.717) is 25.7 Å². The van der Waals surface area contributed by atoms with Gasteiger partial charge < -0.3 is 33.8 Å². The van der Waals surface area contributed by atoms with Crippen LogP contribution in [0.2, 0.25) is 0 Å². The lowest BCUT2D eigenvalue weighted by Gasteiger charge is -2.21. The molecule has 0 radical (unpaired) electrons. The van der Waals surface area contributed by atoms with Crippen LogP contribution in [0.4, 0.5) is 0 Å². The van der Waals surface area contributed by atoms with Gasteiger partial charge in [-0.15, -0.1) is 0 Å². The molecule has 594 valence electrons. The fourth-order valence-corrected chi connectivity index (χ4v) is 14.0. The van der Waals surface area contributed by atoms with Gasteiger partial charge in [-0.05, 0) is 49.4 Å². The van der Waals surface area contributed by atoms with Crippen molar-refractivity contribution >= 4 is 39.5 Å². The van der Waals surface area contributed by atoms with Crippen LogP contribution in [0, 0.1) is 23.7 Å². The highest BCUT2D eigenvalue weighted by Crippen LogP contribution is 2.45. The predicted molar refractivity (Wildman–Crippen MR) is 409 cm³/mol. The molecule has 0 amide bonds. The lowest BCUT2D eigenvalue weighted by molar-refractivity contribution is -0.161. The van der Waals surface area contributed by atoms with E-state index in [1.807, 2.05) is 0 Å². The van der Waals surface area contributed by atoms with Gasteiger partial charge in [-0.1, -0.05) is 364 Å². The zero-order valence-corrected chi connectivity index (χ0v) is 67.6. The van der Waals surface area contributed by atoms with Gasteiger partial charge in [-0.25, -0.2) is 9.13 Å². The van der Waals surface area contributed by atoms with Gasteiger partial charge in [0.1, 0.15) is 19.3 Å². The number of phosphoric ester groups is 2. The van der Waals surface area contributed by atoms with E-state index in [1.165, 1.54) is 218 Å². The zero-order chi connectivity index (χ0) is 73.8. The maximum absolute atomic E-state index is 13.1. The number of carbonyl (C=O) groups is 4. The first-order valence-corrected chi connectivity index (χ1v) is 44.7. The van der Waals surface area contributed by atoms with Crippen molar-refractivity contribution in [3.05, 3.63) is 0 Å². The maximum atomic E-state index is 13.1. The molecule has 0 aliphatic carbocycles. The average molecular weight is 1470 g/mol. The molecular weight excluding hydrogens is 1310 g/mol. The Labute approximate surface area is 613 Å². The molecule has 0 saturated heterocycles. The van der Waals surface area contributed by atoms with E-state index >= 15 is 0 Å². The molecule has 0 aliphatic rings. The van der Waals surface area contributed by atoms with Gasteiger partial charge in [-0.2, -0.15) is 0 Å². The number of hydrogen-bond acceptors (Lipinski definition) is 15. The Bertz CT molecular complexity index is 1950. The smallest absolute Gasteiger partial charge is 0.462 e. The summed E-state index contributed by atoms with van der Waals surface area (Å²) in [7, 11) is -9.92. The fourth-order valence-electron chi connectivity index (χ4n) is 12.4. The van der Waals surface area contributed by atoms with Crippen LogP contribution in [0.5, 0.6) is 0 Å². The number of ether oxygens (including phenoxy) is 4. The molecule has 3 unspecified atom stereocenters. The Balaban J connectivity index is 5.22. The number of phosphoric acid groups is 2. The maximum Gasteiger partial charge on any atom is 0.472 e. The van der Waals surface area contributed by atoms with Gasteiger partial charge >= 0.3 is 39.5 Å². The van der Waals surface area contributed by atoms with E-state index < -0.39 is 97.5 Å². The zero-order valence-electron chi connectivity index (χ0n) is 65.8.